The van der Waals surface area contributed by atoms with Crippen LogP contribution in [0.2, 0.25) is 0 Å². The Labute approximate surface area is 157 Å². The molecule has 4 nitrogen and oxygen atoms in total. The van der Waals surface area contributed by atoms with Gasteiger partial charge in [0.2, 0.25) is 5.88 Å². The first kappa shape index (κ1) is 16.7. The summed E-state index contributed by atoms with van der Waals surface area (Å²) in [6, 6.07) is 29.7. The predicted octanol–water partition coefficient (Wildman–Crippen LogP) is 5.17. The molecule has 0 unspecified atom stereocenters. The molecule has 4 heteroatoms. The molecular formula is C23H16N2O2. The van der Waals surface area contributed by atoms with Crippen molar-refractivity contribution in [2.24, 2.45) is 0 Å². The zero-order chi connectivity index (χ0) is 18.5. The third-order valence-corrected chi connectivity index (χ3v) is 4.07. The van der Waals surface area contributed by atoms with Crippen LogP contribution in [0.25, 0.3) is 11.3 Å². The average molecular weight is 352 g/mol. The minimum atomic E-state index is -0.159. The van der Waals surface area contributed by atoms with E-state index in [4.69, 9.17) is 4.74 Å². The number of rotatable bonds is 5. The lowest BCUT2D eigenvalue weighted by atomic mass is 10.0. The average Bonchev–Trinajstić information content (AvgIpc) is 2.75. The second kappa shape index (κ2) is 7.62. The van der Waals surface area contributed by atoms with Gasteiger partial charge in [-0.1, -0.05) is 78.9 Å². The zero-order valence-corrected chi connectivity index (χ0v) is 14.4. The van der Waals surface area contributed by atoms with E-state index in [-0.39, 0.29) is 11.7 Å². The molecule has 0 bridgehead atoms. The molecule has 0 saturated carbocycles. The van der Waals surface area contributed by atoms with Crippen molar-refractivity contribution in [3.05, 3.63) is 108 Å². The molecular weight excluding hydrogens is 336 g/mol. The number of benzene rings is 3. The summed E-state index contributed by atoms with van der Waals surface area (Å²) in [5.74, 6) is 0.629. The van der Waals surface area contributed by atoms with Crippen molar-refractivity contribution in [2.75, 3.05) is 0 Å². The van der Waals surface area contributed by atoms with Crippen molar-refractivity contribution in [1.82, 2.24) is 10.2 Å². The summed E-state index contributed by atoms with van der Waals surface area (Å²) in [5.41, 5.74) is 2.45. The second-order valence-electron chi connectivity index (χ2n) is 5.92. The highest BCUT2D eigenvalue weighted by molar-refractivity contribution is 6.10. The fraction of sp³-hybridized carbons (Fsp3) is 0. The molecule has 0 amide bonds. The Morgan fingerprint density at radius 2 is 1.30 bits per heavy atom. The molecule has 27 heavy (non-hydrogen) atoms. The Hall–Kier alpha value is -3.79. The topological polar surface area (TPSA) is 52.1 Å². The van der Waals surface area contributed by atoms with E-state index < -0.39 is 0 Å². The van der Waals surface area contributed by atoms with Crippen molar-refractivity contribution in [2.45, 2.75) is 0 Å². The molecule has 0 saturated heterocycles. The minimum Gasteiger partial charge on any atom is -0.437 e. The Morgan fingerprint density at radius 3 is 1.96 bits per heavy atom. The molecule has 0 N–H and O–H groups in total. The number of carbonyl (C=O) groups is 1. The highest BCUT2D eigenvalue weighted by Gasteiger charge is 2.19. The van der Waals surface area contributed by atoms with Gasteiger partial charge in [0, 0.05) is 11.1 Å². The summed E-state index contributed by atoms with van der Waals surface area (Å²) >= 11 is 0. The number of nitrogens with zero attached hydrogens (tertiary/aromatic N) is 2. The van der Waals surface area contributed by atoms with Gasteiger partial charge in [-0.05, 0) is 18.2 Å². The van der Waals surface area contributed by atoms with Crippen LogP contribution in [0.5, 0.6) is 11.6 Å². The fourth-order valence-corrected chi connectivity index (χ4v) is 2.71. The van der Waals surface area contributed by atoms with Gasteiger partial charge in [-0.3, -0.25) is 4.79 Å². The summed E-state index contributed by atoms with van der Waals surface area (Å²) in [6.07, 6.45) is 0. The quantitative estimate of drug-likeness (QED) is 0.465. The number of carbonyl (C=O) groups excluding carboxylic acids is 1. The molecule has 0 spiro atoms. The molecule has 0 atom stereocenters. The fourth-order valence-electron chi connectivity index (χ4n) is 2.71. The van der Waals surface area contributed by atoms with E-state index in [0.717, 1.165) is 5.56 Å². The number of hydrogen-bond acceptors (Lipinski definition) is 4. The van der Waals surface area contributed by atoms with E-state index in [1.165, 1.54) is 0 Å². The van der Waals surface area contributed by atoms with Crippen LogP contribution in [0.15, 0.2) is 97.1 Å². The van der Waals surface area contributed by atoms with Crippen LogP contribution in [0.1, 0.15) is 15.9 Å². The molecule has 0 aliphatic heterocycles. The smallest absolute Gasteiger partial charge is 0.250 e. The van der Waals surface area contributed by atoms with E-state index in [1.54, 1.807) is 18.2 Å². The highest BCUT2D eigenvalue weighted by atomic mass is 16.5. The zero-order valence-electron chi connectivity index (χ0n) is 14.4. The molecule has 0 aliphatic rings. The molecule has 130 valence electrons. The Kier molecular flexibility index (Phi) is 4.70. The molecule has 0 radical (unpaired) electrons. The first-order valence-corrected chi connectivity index (χ1v) is 8.57. The van der Waals surface area contributed by atoms with Gasteiger partial charge in [-0.25, -0.2) is 0 Å². The molecule has 4 rings (SSSR count). The maximum atomic E-state index is 13.1. The van der Waals surface area contributed by atoms with Crippen LogP contribution >= 0.6 is 0 Å². The first-order chi connectivity index (χ1) is 13.3. The number of hydrogen-bond donors (Lipinski definition) is 0. The number of para-hydroxylation sites is 1. The second-order valence-corrected chi connectivity index (χ2v) is 5.92. The van der Waals surface area contributed by atoms with Crippen LogP contribution < -0.4 is 4.74 Å². The molecule has 1 heterocycles. The lowest BCUT2D eigenvalue weighted by molar-refractivity contribution is 0.103. The summed E-state index contributed by atoms with van der Waals surface area (Å²) < 4.78 is 5.85. The summed E-state index contributed by atoms with van der Waals surface area (Å²) in [6.45, 7) is 0. The Bertz CT molecular complexity index is 1050. The van der Waals surface area contributed by atoms with E-state index in [0.29, 0.717) is 22.6 Å². The summed E-state index contributed by atoms with van der Waals surface area (Å²) in [4.78, 5) is 13.1. The van der Waals surface area contributed by atoms with Crippen molar-refractivity contribution in [1.29, 1.82) is 0 Å². The minimum absolute atomic E-state index is 0.159. The van der Waals surface area contributed by atoms with Gasteiger partial charge in [-0.15, -0.1) is 10.2 Å². The van der Waals surface area contributed by atoms with Crippen molar-refractivity contribution < 1.29 is 9.53 Å². The van der Waals surface area contributed by atoms with Crippen LogP contribution in [-0.4, -0.2) is 16.0 Å². The number of ether oxygens (including phenoxy) is 1. The van der Waals surface area contributed by atoms with Crippen LogP contribution in [0.4, 0.5) is 0 Å². The van der Waals surface area contributed by atoms with Crippen molar-refractivity contribution in [3.63, 3.8) is 0 Å². The number of ketones is 1. The van der Waals surface area contributed by atoms with Gasteiger partial charge in [-0.2, -0.15) is 0 Å². The van der Waals surface area contributed by atoms with Crippen LogP contribution in [0.3, 0.4) is 0 Å². The van der Waals surface area contributed by atoms with E-state index >= 15 is 0 Å². The lowest BCUT2D eigenvalue weighted by Crippen LogP contribution is -2.07. The van der Waals surface area contributed by atoms with Crippen molar-refractivity contribution >= 4 is 5.78 Å². The van der Waals surface area contributed by atoms with Crippen molar-refractivity contribution in [3.8, 4) is 22.9 Å². The molecule has 4 aromatic rings. The van der Waals surface area contributed by atoms with Gasteiger partial charge in [0.1, 0.15) is 5.75 Å². The maximum Gasteiger partial charge on any atom is 0.250 e. The van der Waals surface area contributed by atoms with Crippen LogP contribution in [0, 0.1) is 0 Å². The van der Waals surface area contributed by atoms with E-state index in [9.17, 15) is 4.79 Å². The monoisotopic (exact) mass is 352 g/mol. The van der Waals surface area contributed by atoms with Gasteiger partial charge < -0.3 is 4.74 Å². The normalized spacial score (nSPS) is 10.4. The molecule has 1 aromatic heterocycles. The summed E-state index contributed by atoms with van der Waals surface area (Å²) in [7, 11) is 0. The third-order valence-electron chi connectivity index (χ3n) is 4.07. The van der Waals surface area contributed by atoms with Gasteiger partial charge in [0.15, 0.2) is 5.78 Å². The molecule has 3 aromatic carbocycles. The van der Waals surface area contributed by atoms with E-state index in [2.05, 4.69) is 10.2 Å². The molecule has 0 fully saturated rings. The van der Waals surface area contributed by atoms with Gasteiger partial charge in [0.05, 0.1) is 11.3 Å². The lowest BCUT2D eigenvalue weighted by Gasteiger charge is -2.10. The SMILES string of the molecule is O=C(c1ccccc1)c1cc(-c2ccccc2)nnc1Oc1ccccc1. The first-order valence-electron chi connectivity index (χ1n) is 8.57. The van der Waals surface area contributed by atoms with Crippen LogP contribution in [-0.2, 0) is 0 Å². The van der Waals surface area contributed by atoms with Gasteiger partial charge >= 0.3 is 0 Å². The standard InChI is InChI=1S/C23H16N2O2/c26-22(18-12-6-2-7-13-18)20-16-21(17-10-4-1-5-11-17)24-25-23(20)27-19-14-8-3-9-15-19/h1-16H. The number of aromatic nitrogens is 2. The Morgan fingerprint density at radius 1 is 0.704 bits per heavy atom. The third kappa shape index (κ3) is 3.75. The largest absolute Gasteiger partial charge is 0.437 e. The Balaban J connectivity index is 1.79. The highest BCUT2D eigenvalue weighted by Crippen LogP contribution is 2.28. The maximum absolute atomic E-state index is 13.1. The van der Waals surface area contributed by atoms with E-state index in [1.807, 2.05) is 78.9 Å². The molecule has 0 aliphatic carbocycles. The van der Waals surface area contributed by atoms with Gasteiger partial charge in [0.25, 0.3) is 0 Å². The summed E-state index contributed by atoms with van der Waals surface area (Å²) in [5, 5.41) is 8.46. The predicted molar refractivity (Wildman–Crippen MR) is 104 cm³/mol.